The van der Waals surface area contributed by atoms with Gasteiger partial charge in [-0.15, -0.1) is 10.2 Å². The summed E-state index contributed by atoms with van der Waals surface area (Å²) >= 11 is 0. The number of carbonyl (C=O) groups excluding carboxylic acids is 1. The minimum Gasteiger partial charge on any atom is -0.421 e. The van der Waals surface area contributed by atoms with Crippen molar-refractivity contribution in [2.45, 2.75) is 53.0 Å². The lowest BCUT2D eigenvalue weighted by Crippen LogP contribution is -2.39. The molecule has 1 atom stereocenters. The van der Waals surface area contributed by atoms with E-state index < -0.39 is 0 Å². The van der Waals surface area contributed by atoms with Gasteiger partial charge < -0.3 is 14.8 Å². The van der Waals surface area contributed by atoms with E-state index in [0.717, 1.165) is 0 Å². The molecular formula is C15H25N3O3. The number of aromatic nitrogens is 2. The summed E-state index contributed by atoms with van der Waals surface area (Å²) in [5.74, 6) is 0.697. The predicted octanol–water partition coefficient (Wildman–Crippen LogP) is 2.12. The summed E-state index contributed by atoms with van der Waals surface area (Å²) in [6, 6.07) is -0.268. The first-order chi connectivity index (χ1) is 9.71. The maximum atomic E-state index is 11.8. The minimum atomic E-state index is -0.289. The van der Waals surface area contributed by atoms with E-state index in [1.54, 1.807) is 0 Å². The average Bonchev–Trinajstić information content (AvgIpc) is 2.82. The van der Waals surface area contributed by atoms with Gasteiger partial charge in [-0.25, -0.2) is 0 Å². The molecule has 0 radical (unpaired) electrons. The third-order valence-electron chi connectivity index (χ3n) is 2.75. The van der Waals surface area contributed by atoms with Crippen LogP contribution in [0.4, 0.5) is 0 Å². The highest BCUT2D eigenvalue weighted by atomic mass is 16.4. The zero-order valence-corrected chi connectivity index (χ0v) is 13.4. The monoisotopic (exact) mass is 295 g/mol. The van der Waals surface area contributed by atoms with Crippen LogP contribution < -0.4 is 5.32 Å². The van der Waals surface area contributed by atoms with E-state index >= 15 is 0 Å². The van der Waals surface area contributed by atoms with Crippen molar-refractivity contribution in [3.8, 4) is 0 Å². The van der Waals surface area contributed by atoms with Crippen LogP contribution in [0.5, 0.6) is 0 Å². The Hall–Kier alpha value is -1.69. The molecule has 2 N–H and O–H groups in total. The van der Waals surface area contributed by atoms with Gasteiger partial charge in [0.25, 0.3) is 0 Å². The van der Waals surface area contributed by atoms with Crippen LogP contribution in [-0.2, 0) is 4.79 Å². The van der Waals surface area contributed by atoms with Crippen LogP contribution in [0.3, 0.4) is 0 Å². The number of hydrogen-bond acceptors (Lipinski definition) is 5. The molecule has 1 heterocycles. The van der Waals surface area contributed by atoms with Crippen molar-refractivity contribution in [2.75, 3.05) is 6.61 Å². The summed E-state index contributed by atoms with van der Waals surface area (Å²) in [6.07, 6.45) is 3.50. The lowest BCUT2D eigenvalue weighted by Gasteiger charge is -2.24. The van der Waals surface area contributed by atoms with Crippen LogP contribution in [0.15, 0.2) is 10.5 Å². The molecule has 1 unspecified atom stereocenters. The maximum absolute atomic E-state index is 11.8. The Balaban J connectivity index is 2.56. The van der Waals surface area contributed by atoms with E-state index in [1.807, 2.05) is 13.8 Å². The van der Waals surface area contributed by atoms with Gasteiger partial charge in [-0.2, -0.15) is 0 Å². The van der Waals surface area contributed by atoms with Gasteiger partial charge in [-0.1, -0.05) is 34.6 Å². The van der Waals surface area contributed by atoms with Gasteiger partial charge in [0.15, 0.2) is 0 Å². The highest BCUT2D eigenvalue weighted by Crippen LogP contribution is 2.20. The number of rotatable bonds is 6. The molecule has 1 aromatic heterocycles. The second-order valence-electron chi connectivity index (χ2n) is 6.62. The summed E-state index contributed by atoms with van der Waals surface area (Å²) in [4.78, 5) is 11.8. The molecule has 1 aromatic rings. The Labute approximate surface area is 125 Å². The van der Waals surface area contributed by atoms with Crippen molar-refractivity contribution < 1.29 is 14.3 Å². The molecule has 0 aliphatic heterocycles. The lowest BCUT2D eigenvalue weighted by molar-refractivity contribution is -0.117. The Morgan fingerprint density at radius 2 is 2.05 bits per heavy atom. The Morgan fingerprint density at radius 1 is 1.38 bits per heavy atom. The molecule has 6 heteroatoms. The summed E-state index contributed by atoms with van der Waals surface area (Å²) in [7, 11) is 0. The third-order valence-corrected chi connectivity index (χ3v) is 2.75. The first-order valence-electron chi connectivity index (χ1n) is 7.14. The fourth-order valence-electron chi connectivity index (χ4n) is 1.84. The third kappa shape index (κ3) is 6.53. The molecular weight excluding hydrogens is 270 g/mol. The van der Waals surface area contributed by atoms with Crippen molar-refractivity contribution in [1.29, 1.82) is 0 Å². The number of carbonyl (C=O) groups is 1. The van der Waals surface area contributed by atoms with Crippen molar-refractivity contribution in [1.82, 2.24) is 15.5 Å². The lowest BCUT2D eigenvalue weighted by atomic mass is 9.88. The molecule has 0 spiro atoms. The minimum absolute atomic E-state index is 0.0308. The van der Waals surface area contributed by atoms with Gasteiger partial charge in [0.1, 0.15) is 0 Å². The largest absolute Gasteiger partial charge is 0.421 e. The van der Waals surface area contributed by atoms with Crippen LogP contribution in [0.25, 0.3) is 6.08 Å². The molecule has 6 nitrogen and oxygen atoms in total. The zero-order valence-electron chi connectivity index (χ0n) is 13.4. The van der Waals surface area contributed by atoms with E-state index in [0.29, 0.717) is 18.2 Å². The van der Waals surface area contributed by atoms with Crippen molar-refractivity contribution in [2.24, 2.45) is 5.41 Å². The topological polar surface area (TPSA) is 88.2 Å². The van der Waals surface area contributed by atoms with Crippen LogP contribution in [-0.4, -0.2) is 33.9 Å². The molecule has 118 valence electrons. The number of nitrogens with zero attached hydrogens (tertiary/aromatic N) is 2. The smallest absolute Gasteiger partial charge is 0.244 e. The molecule has 0 aliphatic rings. The molecule has 21 heavy (non-hydrogen) atoms. The Kier molecular flexibility index (Phi) is 6.08. The summed E-state index contributed by atoms with van der Waals surface area (Å²) in [5.41, 5.74) is 0.0308. The maximum Gasteiger partial charge on any atom is 0.244 e. The molecule has 0 fully saturated rings. The van der Waals surface area contributed by atoms with Gasteiger partial charge in [0.2, 0.25) is 17.7 Å². The number of amides is 1. The van der Waals surface area contributed by atoms with Crippen molar-refractivity contribution in [3.05, 3.63) is 17.9 Å². The predicted molar refractivity (Wildman–Crippen MR) is 80.5 cm³/mol. The SMILES string of the molecule is CC(C)c1nnc(/C=C/C(=O)NC(CO)CC(C)(C)C)o1. The van der Waals surface area contributed by atoms with Gasteiger partial charge in [0.05, 0.1) is 12.6 Å². The van der Waals surface area contributed by atoms with Gasteiger partial charge >= 0.3 is 0 Å². The van der Waals surface area contributed by atoms with E-state index in [9.17, 15) is 9.90 Å². The van der Waals surface area contributed by atoms with E-state index in [-0.39, 0.29) is 29.9 Å². The number of aliphatic hydroxyl groups is 1. The highest BCUT2D eigenvalue weighted by Gasteiger charge is 2.19. The number of hydrogen-bond donors (Lipinski definition) is 2. The van der Waals surface area contributed by atoms with Crippen LogP contribution >= 0.6 is 0 Å². The molecule has 0 saturated carbocycles. The first kappa shape index (κ1) is 17.4. The van der Waals surface area contributed by atoms with Gasteiger partial charge in [-0.3, -0.25) is 4.79 Å². The first-order valence-corrected chi connectivity index (χ1v) is 7.14. The van der Waals surface area contributed by atoms with Crippen LogP contribution in [0.1, 0.15) is 58.7 Å². The summed E-state index contributed by atoms with van der Waals surface area (Å²) in [6.45, 7) is 9.99. The van der Waals surface area contributed by atoms with Crippen molar-refractivity contribution >= 4 is 12.0 Å². The average molecular weight is 295 g/mol. The Bertz CT molecular complexity index is 487. The highest BCUT2D eigenvalue weighted by molar-refractivity contribution is 5.91. The summed E-state index contributed by atoms with van der Waals surface area (Å²) in [5, 5.41) is 19.8. The van der Waals surface area contributed by atoms with E-state index in [4.69, 9.17) is 4.42 Å². The molecule has 0 saturated heterocycles. The van der Waals surface area contributed by atoms with E-state index in [1.165, 1.54) is 12.2 Å². The number of aliphatic hydroxyl groups excluding tert-OH is 1. The standard InChI is InChI=1S/C15H25N3O3/c1-10(2)14-18-17-13(21-14)7-6-12(20)16-11(9-19)8-15(3,4)5/h6-7,10-11,19H,8-9H2,1-5H3,(H,16,20)/b7-6+. The fraction of sp³-hybridized carbons (Fsp3) is 0.667. The van der Waals surface area contributed by atoms with E-state index in [2.05, 4.69) is 36.3 Å². The van der Waals surface area contributed by atoms with Gasteiger partial charge in [-0.05, 0) is 11.8 Å². The molecule has 0 bridgehead atoms. The quantitative estimate of drug-likeness (QED) is 0.785. The second kappa shape index (κ2) is 7.36. The fourth-order valence-corrected chi connectivity index (χ4v) is 1.84. The number of nitrogens with one attached hydrogen (secondary N) is 1. The second-order valence-corrected chi connectivity index (χ2v) is 6.62. The molecule has 1 amide bonds. The molecule has 0 aromatic carbocycles. The van der Waals surface area contributed by atoms with Crippen LogP contribution in [0.2, 0.25) is 0 Å². The Morgan fingerprint density at radius 3 is 2.52 bits per heavy atom. The van der Waals surface area contributed by atoms with Crippen LogP contribution in [0, 0.1) is 5.41 Å². The zero-order chi connectivity index (χ0) is 16.0. The summed E-state index contributed by atoms with van der Waals surface area (Å²) < 4.78 is 5.37. The normalized spacial score (nSPS) is 13.9. The van der Waals surface area contributed by atoms with Gasteiger partial charge in [0, 0.05) is 18.1 Å². The van der Waals surface area contributed by atoms with Crippen molar-refractivity contribution in [3.63, 3.8) is 0 Å². The molecule has 0 aliphatic carbocycles. The molecule has 1 rings (SSSR count).